The van der Waals surface area contributed by atoms with Gasteiger partial charge in [0.25, 0.3) is 10.0 Å². The van der Waals surface area contributed by atoms with E-state index in [9.17, 15) is 40.7 Å². The molecule has 0 radical (unpaired) electrons. The Bertz CT molecular complexity index is 1630. The van der Waals surface area contributed by atoms with Crippen LogP contribution in [-0.2, 0) is 21.8 Å². The fourth-order valence-corrected chi connectivity index (χ4v) is 6.11. The van der Waals surface area contributed by atoms with E-state index < -0.39 is 48.9 Å². The van der Waals surface area contributed by atoms with E-state index >= 15 is 0 Å². The summed E-state index contributed by atoms with van der Waals surface area (Å²) in [6.07, 6.45) is -4.68. The van der Waals surface area contributed by atoms with E-state index in [1.54, 1.807) is 4.90 Å². The molecule has 14 heteroatoms. The molecule has 0 saturated carbocycles. The molecule has 4 rings (SSSR count). The summed E-state index contributed by atoms with van der Waals surface area (Å²) in [5, 5.41) is 20.6. The molecule has 40 heavy (non-hydrogen) atoms. The van der Waals surface area contributed by atoms with Crippen molar-refractivity contribution in [2.24, 2.45) is 0 Å². The number of rotatable bonds is 5. The Balaban J connectivity index is 1.62. The molecule has 1 aliphatic rings. The van der Waals surface area contributed by atoms with E-state index in [4.69, 9.17) is 11.6 Å². The summed E-state index contributed by atoms with van der Waals surface area (Å²) in [6, 6.07) is 7.25. The highest BCUT2D eigenvalue weighted by atomic mass is 35.5. The molecule has 212 valence electrons. The first-order valence-electron chi connectivity index (χ1n) is 11.8. The summed E-state index contributed by atoms with van der Waals surface area (Å²) in [5.41, 5.74) is -2.27. The van der Waals surface area contributed by atoms with Crippen molar-refractivity contribution in [2.45, 2.75) is 43.4 Å². The van der Waals surface area contributed by atoms with Crippen LogP contribution in [0.3, 0.4) is 0 Å². The Hall–Kier alpha value is -3.47. The molecule has 1 aromatic heterocycles. The Morgan fingerprint density at radius 3 is 2.35 bits per heavy atom. The lowest BCUT2D eigenvalue weighted by molar-refractivity contribution is -0.137. The SMILES string of the molecule is Cc1nc(N2CCC(O)(c3ccc(Cl)c(C(F)(F)F)c3)CC2)c(C#N)c(C)c1NS(=O)(=O)c1ccc(F)cc1F. The summed E-state index contributed by atoms with van der Waals surface area (Å²) in [4.78, 5) is 5.28. The van der Waals surface area contributed by atoms with E-state index in [1.165, 1.54) is 19.9 Å². The summed E-state index contributed by atoms with van der Waals surface area (Å²) in [7, 11) is -4.51. The van der Waals surface area contributed by atoms with Gasteiger partial charge in [-0.1, -0.05) is 17.7 Å². The van der Waals surface area contributed by atoms with Crippen molar-refractivity contribution >= 4 is 33.1 Å². The van der Waals surface area contributed by atoms with Crippen molar-refractivity contribution in [3.8, 4) is 6.07 Å². The average Bonchev–Trinajstić information content (AvgIpc) is 2.86. The molecule has 2 heterocycles. The van der Waals surface area contributed by atoms with Gasteiger partial charge in [-0.25, -0.2) is 22.2 Å². The second-order valence-corrected chi connectivity index (χ2v) is 11.5. The third kappa shape index (κ3) is 5.56. The van der Waals surface area contributed by atoms with Crippen LogP contribution < -0.4 is 9.62 Å². The van der Waals surface area contributed by atoms with Gasteiger partial charge in [0.15, 0.2) is 0 Å². The number of alkyl halides is 3. The number of piperidine rings is 1. The number of sulfonamides is 1. The van der Waals surface area contributed by atoms with Gasteiger partial charge in [-0.3, -0.25) is 4.72 Å². The highest BCUT2D eigenvalue weighted by molar-refractivity contribution is 7.92. The second-order valence-electron chi connectivity index (χ2n) is 9.40. The topological polar surface area (TPSA) is 106 Å². The predicted molar refractivity (Wildman–Crippen MR) is 137 cm³/mol. The molecule has 0 unspecified atom stereocenters. The number of anilines is 2. The van der Waals surface area contributed by atoms with Gasteiger partial charge in [0.1, 0.15) is 28.4 Å². The number of nitrogens with one attached hydrogen (secondary N) is 1. The largest absolute Gasteiger partial charge is 0.417 e. The first-order valence-corrected chi connectivity index (χ1v) is 13.7. The smallest absolute Gasteiger partial charge is 0.385 e. The standard InChI is InChI=1S/C26H22ClF5N4O3S/c1-14-18(13-33)24(34-15(2)23(14)35-40(38,39)22-6-4-17(28)12-21(22)29)36-9-7-25(37,8-10-36)16-3-5-20(27)19(11-16)26(30,31)32/h3-6,11-12,35,37H,7-10H2,1-2H3. The number of benzene rings is 2. The number of aliphatic hydroxyl groups is 1. The van der Waals surface area contributed by atoms with Gasteiger partial charge in [-0.15, -0.1) is 0 Å². The van der Waals surface area contributed by atoms with Crippen molar-refractivity contribution in [1.82, 2.24) is 4.98 Å². The van der Waals surface area contributed by atoms with E-state index in [0.29, 0.717) is 6.07 Å². The quantitative estimate of drug-likeness (QED) is 0.358. The van der Waals surface area contributed by atoms with Gasteiger partial charge in [0, 0.05) is 19.2 Å². The molecule has 7 nitrogen and oxygen atoms in total. The molecule has 2 N–H and O–H groups in total. The minimum absolute atomic E-state index is 0.00873. The fraction of sp³-hybridized carbons (Fsp3) is 0.308. The molecule has 3 aromatic rings. The summed E-state index contributed by atoms with van der Waals surface area (Å²) < 4.78 is 95.4. The summed E-state index contributed by atoms with van der Waals surface area (Å²) in [6.45, 7) is 3.19. The number of aromatic nitrogens is 1. The van der Waals surface area contributed by atoms with Gasteiger partial charge < -0.3 is 10.0 Å². The Kier molecular flexibility index (Phi) is 7.74. The van der Waals surface area contributed by atoms with E-state index in [0.717, 1.165) is 24.3 Å². The van der Waals surface area contributed by atoms with Crippen molar-refractivity contribution < 1.29 is 35.5 Å². The minimum atomic E-state index is -4.70. The number of nitriles is 1. The predicted octanol–water partition coefficient (Wildman–Crippen LogP) is 5.81. The molecular weight excluding hydrogens is 579 g/mol. The summed E-state index contributed by atoms with van der Waals surface area (Å²) in [5.74, 6) is -2.05. The van der Waals surface area contributed by atoms with Crippen LogP contribution in [0.1, 0.15) is 40.8 Å². The van der Waals surface area contributed by atoms with Crippen molar-refractivity contribution in [3.63, 3.8) is 0 Å². The number of pyridine rings is 1. The van der Waals surface area contributed by atoms with Crippen LogP contribution in [-0.4, -0.2) is 31.6 Å². The van der Waals surface area contributed by atoms with Crippen LogP contribution in [0, 0.1) is 36.8 Å². The molecule has 0 amide bonds. The van der Waals surface area contributed by atoms with Crippen molar-refractivity contribution in [1.29, 1.82) is 5.26 Å². The Labute approximate surface area is 231 Å². The second kappa shape index (κ2) is 10.5. The molecule has 1 fully saturated rings. The van der Waals surface area contributed by atoms with Crippen molar-refractivity contribution in [3.05, 3.63) is 81.0 Å². The zero-order chi connectivity index (χ0) is 29.6. The molecule has 1 saturated heterocycles. The minimum Gasteiger partial charge on any atom is -0.385 e. The molecule has 0 atom stereocenters. The number of aryl methyl sites for hydroxylation is 1. The molecular formula is C26H22ClF5N4O3S. The van der Waals surface area contributed by atoms with E-state index in [-0.39, 0.29) is 59.8 Å². The van der Waals surface area contributed by atoms with E-state index in [2.05, 4.69) is 9.71 Å². The van der Waals surface area contributed by atoms with Gasteiger partial charge in [0.2, 0.25) is 0 Å². The highest BCUT2D eigenvalue weighted by Crippen LogP contribution is 2.41. The van der Waals surface area contributed by atoms with Crippen LogP contribution in [0.4, 0.5) is 33.5 Å². The molecule has 2 aromatic carbocycles. The zero-order valence-corrected chi connectivity index (χ0v) is 22.6. The first-order chi connectivity index (χ1) is 18.6. The van der Waals surface area contributed by atoms with Crippen molar-refractivity contribution in [2.75, 3.05) is 22.7 Å². The number of nitrogens with zero attached hydrogens (tertiary/aromatic N) is 3. The average molecular weight is 601 g/mol. The molecule has 0 bridgehead atoms. The van der Waals surface area contributed by atoms with Crippen LogP contribution in [0.5, 0.6) is 0 Å². The lowest BCUT2D eigenvalue weighted by Crippen LogP contribution is -2.43. The third-order valence-electron chi connectivity index (χ3n) is 6.84. The van der Waals surface area contributed by atoms with Crippen LogP contribution >= 0.6 is 11.6 Å². The summed E-state index contributed by atoms with van der Waals surface area (Å²) >= 11 is 5.71. The Morgan fingerprint density at radius 2 is 1.77 bits per heavy atom. The van der Waals surface area contributed by atoms with Crippen LogP contribution in [0.15, 0.2) is 41.3 Å². The van der Waals surface area contributed by atoms with Gasteiger partial charge in [0.05, 0.1) is 33.1 Å². The monoisotopic (exact) mass is 600 g/mol. The van der Waals surface area contributed by atoms with Crippen LogP contribution in [0.2, 0.25) is 5.02 Å². The van der Waals surface area contributed by atoms with Gasteiger partial charge in [-0.2, -0.15) is 18.4 Å². The highest BCUT2D eigenvalue weighted by Gasteiger charge is 2.39. The maximum absolute atomic E-state index is 14.2. The molecule has 0 aliphatic carbocycles. The number of halogens is 6. The number of hydrogen-bond acceptors (Lipinski definition) is 6. The maximum Gasteiger partial charge on any atom is 0.417 e. The molecule has 1 aliphatic heterocycles. The van der Waals surface area contributed by atoms with Crippen LogP contribution in [0.25, 0.3) is 0 Å². The maximum atomic E-state index is 14.2. The van der Waals surface area contributed by atoms with Gasteiger partial charge in [-0.05, 0) is 62.1 Å². The first kappa shape index (κ1) is 29.5. The lowest BCUT2D eigenvalue weighted by Gasteiger charge is -2.40. The molecule has 0 spiro atoms. The normalized spacial score (nSPS) is 15.6. The number of hydrogen-bond donors (Lipinski definition) is 2. The van der Waals surface area contributed by atoms with Gasteiger partial charge >= 0.3 is 6.18 Å². The van der Waals surface area contributed by atoms with E-state index in [1.807, 2.05) is 6.07 Å². The zero-order valence-electron chi connectivity index (χ0n) is 21.1. The third-order valence-corrected chi connectivity index (χ3v) is 8.55. The Morgan fingerprint density at radius 1 is 1.12 bits per heavy atom. The fourth-order valence-electron chi connectivity index (χ4n) is 4.64. The lowest BCUT2D eigenvalue weighted by atomic mass is 9.83.